The predicted octanol–water partition coefficient (Wildman–Crippen LogP) is 0.383. The van der Waals surface area contributed by atoms with Crippen LogP contribution in [0, 0.1) is 5.92 Å². The number of rotatable bonds is 3. The van der Waals surface area contributed by atoms with Crippen LogP contribution >= 0.6 is 0 Å². The van der Waals surface area contributed by atoms with Gasteiger partial charge in [0.05, 0.1) is 0 Å². The highest BCUT2D eigenvalue weighted by Crippen LogP contribution is 2.44. The van der Waals surface area contributed by atoms with E-state index in [-0.39, 0.29) is 12.3 Å². The zero-order valence-corrected chi connectivity index (χ0v) is 7.13. The van der Waals surface area contributed by atoms with Crippen molar-refractivity contribution in [2.24, 2.45) is 5.92 Å². The van der Waals surface area contributed by atoms with Crippen LogP contribution in [-0.4, -0.2) is 23.0 Å². The van der Waals surface area contributed by atoms with Crippen LogP contribution in [0.3, 0.4) is 0 Å². The van der Waals surface area contributed by atoms with Gasteiger partial charge in [-0.1, -0.05) is 6.92 Å². The Labute approximate surface area is 66.0 Å². The van der Waals surface area contributed by atoms with Crippen molar-refractivity contribution in [3.05, 3.63) is 0 Å². The average molecular weight is 180 g/mol. The van der Waals surface area contributed by atoms with E-state index < -0.39 is 15.1 Å². The maximum Gasteiger partial charge on any atom is 0.295 e. The molecule has 0 aliphatic heterocycles. The van der Waals surface area contributed by atoms with Crippen LogP contribution < -0.4 is 0 Å². The van der Waals surface area contributed by atoms with Gasteiger partial charge in [0, 0.05) is 5.92 Å². The van der Waals surface area contributed by atoms with Crippen molar-refractivity contribution >= 4 is 10.1 Å². The maximum atomic E-state index is 10.7. The zero-order chi connectivity index (χ0) is 8.70. The van der Waals surface area contributed by atoms with Crippen molar-refractivity contribution in [2.75, 3.05) is 0 Å². The van der Waals surface area contributed by atoms with Gasteiger partial charge in [0.1, 0.15) is 0 Å². The van der Waals surface area contributed by atoms with Crippen molar-refractivity contribution in [3.63, 3.8) is 0 Å². The highest BCUT2D eigenvalue weighted by Gasteiger charge is 2.51. The fraction of sp³-hybridized carbons (Fsp3) is 1.00. The molecule has 0 spiro atoms. The largest absolute Gasteiger partial charge is 0.372 e. The van der Waals surface area contributed by atoms with E-state index in [2.05, 4.69) is 0 Å². The minimum absolute atomic E-state index is 0.0521. The summed E-state index contributed by atoms with van der Waals surface area (Å²) in [6.45, 7) is 1.55. The lowest BCUT2D eigenvalue weighted by molar-refractivity contribution is 0.0865. The molecule has 1 aliphatic rings. The van der Waals surface area contributed by atoms with Gasteiger partial charge in [-0.3, -0.25) is 4.55 Å². The topological polar surface area (TPSA) is 74.6 Å². The Bertz CT molecular complexity index is 241. The van der Waals surface area contributed by atoms with Crippen molar-refractivity contribution in [1.29, 1.82) is 0 Å². The molecule has 1 atom stereocenters. The Balaban J connectivity index is 2.91. The van der Waals surface area contributed by atoms with E-state index in [4.69, 9.17) is 4.55 Å². The van der Waals surface area contributed by atoms with Crippen LogP contribution in [0.2, 0.25) is 0 Å². The maximum absolute atomic E-state index is 10.7. The Hall–Kier alpha value is -0.130. The Morgan fingerprint density at radius 1 is 1.55 bits per heavy atom. The molecule has 4 nitrogen and oxygen atoms in total. The molecule has 0 amide bonds. The molecule has 0 aromatic rings. The van der Waals surface area contributed by atoms with Crippen LogP contribution in [0.4, 0.5) is 0 Å². The molecule has 0 aromatic carbocycles. The first-order chi connectivity index (χ1) is 4.92. The van der Waals surface area contributed by atoms with Crippen LogP contribution in [0.25, 0.3) is 0 Å². The van der Waals surface area contributed by atoms with Crippen molar-refractivity contribution < 1.29 is 18.1 Å². The van der Waals surface area contributed by atoms with Gasteiger partial charge in [0.15, 0.2) is 4.93 Å². The molecule has 2 N–H and O–H groups in total. The number of hydrogen-bond acceptors (Lipinski definition) is 3. The predicted molar refractivity (Wildman–Crippen MR) is 39.5 cm³/mol. The molecule has 1 unspecified atom stereocenters. The molecule has 11 heavy (non-hydrogen) atoms. The summed E-state index contributed by atoms with van der Waals surface area (Å²) in [5, 5.41) is 9.46. The molecule has 1 aliphatic carbocycles. The summed E-state index contributed by atoms with van der Waals surface area (Å²) in [6, 6.07) is 0. The highest BCUT2D eigenvalue weighted by atomic mass is 32.2. The average Bonchev–Trinajstić information content (AvgIpc) is 2.64. The summed E-state index contributed by atoms with van der Waals surface area (Å²) in [5.74, 6) is -0.262. The first-order valence-corrected chi connectivity index (χ1v) is 5.05. The fourth-order valence-electron chi connectivity index (χ4n) is 1.22. The van der Waals surface area contributed by atoms with Crippen LogP contribution in [0.15, 0.2) is 0 Å². The van der Waals surface area contributed by atoms with E-state index >= 15 is 0 Å². The molecule has 1 rings (SSSR count). The molecule has 1 saturated carbocycles. The van der Waals surface area contributed by atoms with Gasteiger partial charge < -0.3 is 5.11 Å². The van der Waals surface area contributed by atoms with E-state index in [1.807, 2.05) is 0 Å². The quantitative estimate of drug-likeness (QED) is 0.616. The molecule has 0 bridgehead atoms. The first kappa shape index (κ1) is 8.96. The third-order valence-corrected chi connectivity index (χ3v) is 3.68. The first-order valence-electron chi connectivity index (χ1n) is 3.61. The summed E-state index contributed by atoms with van der Waals surface area (Å²) in [7, 11) is -4.30. The lowest BCUT2D eigenvalue weighted by Crippen LogP contribution is -2.39. The van der Waals surface area contributed by atoms with Crippen molar-refractivity contribution in [2.45, 2.75) is 31.1 Å². The van der Waals surface area contributed by atoms with Crippen LogP contribution in [-0.2, 0) is 10.1 Å². The third-order valence-electron chi connectivity index (χ3n) is 2.17. The van der Waals surface area contributed by atoms with Gasteiger partial charge >= 0.3 is 0 Å². The van der Waals surface area contributed by atoms with E-state index in [1.165, 1.54) is 0 Å². The van der Waals surface area contributed by atoms with Gasteiger partial charge in [-0.2, -0.15) is 8.42 Å². The molecule has 0 heterocycles. The highest BCUT2D eigenvalue weighted by molar-refractivity contribution is 7.87. The van der Waals surface area contributed by atoms with Crippen molar-refractivity contribution in [1.82, 2.24) is 0 Å². The van der Waals surface area contributed by atoms with Crippen LogP contribution in [0.1, 0.15) is 26.2 Å². The van der Waals surface area contributed by atoms with E-state index in [9.17, 15) is 13.5 Å². The smallest absolute Gasteiger partial charge is 0.295 e. The van der Waals surface area contributed by atoms with Gasteiger partial charge in [-0.05, 0) is 19.3 Å². The second-order valence-corrected chi connectivity index (χ2v) is 4.60. The summed E-state index contributed by atoms with van der Waals surface area (Å²) < 4.78 is 30.0. The van der Waals surface area contributed by atoms with Gasteiger partial charge in [-0.25, -0.2) is 0 Å². The Morgan fingerprint density at radius 2 is 2.00 bits per heavy atom. The molecule has 0 saturated heterocycles. The normalized spacial score (nSPS) is 24.6. The molecule has 1 fully saturated rings. The molecule has 0 aromatic heterocycles. The van der Waals surface area contributed by atoms with E-state index in [0.717, 1.165) is 0 Å². The standard InChI is InChI=1S/C6H12O4S/c1-2-6(7,5-3-4-5)11(8,9)10/h5,7H,2-4H2,1H3,(H,8,9,10). The third kappa shape index (κ3) is 1.40. The minimum Gasteiger partial charge on any atom is -0.372 e. The lowest BCUT2D eigenvalue weighted by atomic mass is 10.2. The van der Waals surface area contributed by atoms with E-state index in [1.54, 1.807) is 6.92 Å². The molecule has 0 radical (unpaired) electrons. The minimum atomic E-state index is -4.30. The summed E-state index contributed by atoms with van der Waals surface area (Å²) >= 11 is 0. The SMILES string of the molecule is CCC(O)(C1CC1)S(=O)(=O)O. The fourth-order valence-corrected chi connectivity index (χ4v) is 2.24. The Morgan fingerprint density at radius 3 is 2.09 bits per heavy atom. The zero-order valence-electron chi connectivity index (χ0n) is 6.32. The van der Waals surface area contributed by atoms with Gasteiger partial charge in [-0.15, -0.1) is 0 Å². The molecular formula is C6H12O4S. The second-order valence-electron chi connectivity index (χ2n) is 2.95. The molecular weight excluding hydrogens is 168 g/mol. The number of hydrogen-bond donors (Lipinski definition) is 2. The molecule has 66 valence electrons. The Kier molecular flexibility index (Phi) is 1.98. The van der Waals surface area contributed by atoms with E-state index in [0.29, 0.717) is 12.8 Å². The second kappa shape index (κ2) is 2.43. The van der Waals surface area contributed by atoms with Gasteiger partial charge in [0.2, 0.25) is 0 Å². The number of aliphatic hydroxyl groups is 1. The molecule has 5 heteroatoms. The summed E-state index contributed by atoms with van der Waals surface area (Å²) in [4.78, 5) is -1.88. The summed E-state index contributed by atoms with van der Waals surface area (Å²) in [5.41, 5.74) is 0. The van der Waals surface area contributed by atoms with Crippen molar-refractivity contribution in [3.8, 4) is 0 Å². The van der Waals surface area contributed by atoms with Gasteiger partial charge in [0.25, 0.3) is 10.1 Å². The van der Waals surface area contributed by atoms with Crippen LogP contribution in [0.5, 0.6) is 0 Å². The summed E-state index contributed by atoms with van der Waals surface area (Å²) in [6.07, 6.45) is 1.42. The lowest BCUT2D eigenvalue weighted by Gasteiger charge is -2.22. The monoisotopic (exact) mass is 180 g/mol.